The molecule has 68 heavy (non-hydrogen) atoms. The second kappa shape index (κ2) is 49.8. The fraction of sp³-hybridized carbons (Fsp3) is 0.932. The van der Waals surface area contributed by atoms with Crippen molar-refractivity contribution in [1.82, 2.24) is 15.1 Å². The summed E-state index contributed by atoms with van der Waals surface area (Å²) in [6.45, 7) is 19.9. The second-order valence-corrected chi connectivity index (χ2v) is 20.5. The molecule has 0 aromatic rings. The lowest BCUT2D eigenvalue weighted by Gasteiger charge is -2.25. The number of nitrogens with zero attached hydrogens (tertiary/aromatic N) is 2. The summed E-state index contributed by atoms with van der Waals surface area (Å²) in [5.74, 6) is 0.343. The Labute approximate surface area is 422 Å². The number of esters is 2. The van der Waals surface area contributed by atoms with Gasteiger partial charge in [-0.05, 0) is 90.3 Å². The number of hydrogen-bond donors (Lipinski definition) is 1. The van der Waals surface area contributed by atoms with E-state index in [0.29, 0.717) is 32.7 Å². The minimum absolute atomic E-state index is 0.0245. The van der Waals surface area contributed by atoms with Crippen molar-refractivity contribution in [2.75, 3.05) is 45.9 Å². The number of amides is 3. The zero-order valence-corrected chi connectivity index (χ0v) is 46.4. The summed E-state index contributed by atoms with van der Waals surface area (Å²) in [6, 6.07) is -0.271. The highest BCUT2D eigenvalue weighted by Crippen LogP contribution is 2.25. The zero-order chi connectivity index (χ0) is 50.1. The fourth-order valence-corrected chi connectivity index (χ4v) is 9.73. The van der Waals surface area contributed by atoms with Crippen LogP contribution in [0.2, 0.25) is 0 Å². The Hall–Kier alpha value is -2.16. The quantitative estimate of drug-likeness (QED) is 0.0478. The van der Waals surface area contributed by atoms with E-state index in [4.69, 9.17) is 9.47 Å². The monoisotopic (exact) mass is 962 g/mol. The Balaban J connectivity index is 5.14. The Morgan fingerprint density at radius 3 is 1.10 bits per heavy atom. The first-order valence-corrected chi connectivity index (χ1v) is 29.9. The number of carbonyl (C=O) groups excluding carboxylic acids is 4. The van der Waals surface area contributed by atoms with Crippen molar-refractivity contribution in [2.45, 2.75) is 292 Å². The average molecular weight is 963 g/mol. The van der Waals surface area contributed by atoms with Gasteiger partial charge in [-0.25, -0.2) is 4.79 Å². The molecule has 0 rings (SSSR count). The Bertz CT molecular complexity index is 1090. The van der Waals surface area contributed by atoms with E-state index < -0.39 is 0 Å². The van der Waals surface area contributed by atoms with Crippen LogP contribution < -0.4 is 5.32 Å². The average Bonchev–Trinajstić information content (AvgIpc) is 3.33. The first kappa shape index (κ1) is 65.8. The van der Waals surface area contributed by atoms with Crippen LogP contribution in [0.3, 0.4) is 0 Å². The Morgan fingerprint density at radius 1 is 0.397 bits per heavy atom. The van der Waals surface area contributed by atoms with E-state index in [2.05, 4.69) is 51.8 Å². The van der Waals surface area contributed by atoms with Gasteiger partial charge in [0.15, 0.2) is 0 Å². The lowest BCUT2D eigenvalue weighted by molar-refractivity contribution is -0.150. The van der Waals surface area contributed by atoms with Crippen molar-refractivity contribution >= 4 is 23.9 Å². The minimum Gasteiger partial charge on any atom is -0.465 e. The largest absolute Gasteiger partial charge is 0.465 e. The van der Waals surface area contributed by atoms with Gasteiger partial charge in [-0.1, -0.05) is 221 Å². The van der Waals surface area contributed by atoms with Crippen molar-refractivity contribution < 1.29 is 28.7 Å². The normalized spacial score (nSPS) is 12.8. The molecule has 0 saturated heterocycles. The van der Waals surface area contributed by atoms with Crippen LogP contribution in [0.25, 0.3) is 0 Å². The molecule has 0 aliphatic carbocycles. The van der Waals surface area contributed by atoms with E-state index in [1.165, 1.54) is 108 Å². The molecule has 0 aromatic heterocycles. The molecule has 0 bridgehead atoms. The molecule has 9 heteroatoms. The zero-order valence-electron chi connectivity index (χ0n) is 46.4. The maximum atomic E-state index is 13.9. The maximum Gasteiger partial charge on any atom is 0.324 e. The van der Waals surface area contributed by atoms with E-state index in [9.17, 15) is 19.2 Å². The van der Waals surface area contributed by atoms with Gasteiger partial charge in [0.1, 0.15) is 0 Å². The molecule has 2 unspecified atom stereocenters. The number of unbranched alkanes of at least 4 members (excludes halogenated alkanes) is 24. The van der Waals surface area contributed by atoms with Gasteiger partial charge in [-0.2, -0.15) is 0 Å². The Morgan fingerprint density at radius 2 is 0.735 bits per heavy atom. The number of ether oxygens (including phenoxy) is 2. The van der Waals surface area contributed by atoms with E-state index in [-0.39, 0.29) is 41.6 Å². The van der Waals surface area contributed by atoms with Gasteiger partial charge in [-0.3, -0.25) is 19.3 Å². The predicted octanol–water partition coefficient (Wildman–Crippen LogP) is 16.7. The van der Waals surface area contributed by atoms with E-state index in [0.717, 1.165) is 154 Å². The van der Waals surface area contributed by atoms with E-state index in [1.807, 2.05) is 6.92 Å². The van der Waals surface area contributed by atoms with E-state index >= 15 is 0 Å². The molecule has 1 N–H and O–H groups in total. The molecule has 0 aromatic carbocycles. The molecule has 9 nitrogen and oxygen atoms in total. The van der Waals surface area contributed by atoms with Gasteiger partial charge in [0.25, 0.3) is 0 Å². The van der Waals surface area contributed by atoms with Crippen molar-refractivity contribution in [2.24, 2.45) is 17.8 Å². The SMILES string of the molecule is CCCCCCCCC(CCCCCC)C(=O)OCCCCCCCC(CCCCCCCOC(=O)C(CCCCCC)CCCCCCCC)CC(=O)N(CCCN(CC)CC)C(=O)NCC. The predicted molar refractivity (Wildman–Crippen MR) is 289 cm³/mol. The van der Waals surface area contributed by atoms with Gasteiger partial charge in [0, 0.05) is 19.5 Å². The highest BCUT2D eigenvalue weighted by molar-refractivity contribution is 5.94. The van der Waals surface area contributed by atoms with Crippen LogP contribution in [-0.4, -0.2) is 79.6 Å². The number of rotatable bonds is 51. The number of hydrogen-bond acceptors (Lipinski definition) is 7. The summed E-state index contributed by atoms with van der Waals surface area (Å²) < 4.78 is 11.7. The first-order chi connectivity index (χ1) is 33.2. The molecule has 0 aliphatic rings. The molecular formula is C59H115N3O6. The molecule has 0 heterocycles. The highest BCUT2D eigenvalue weighted by atomic mass is 16.5. The lowest BCUT2D eigenvalue weighted by atomic mass is 9.91. The fourth-order valence-electron chi connectivity index (χ4n) is 9.73. The first-order valence-electron chi connectivity index (χ1n) is 29.9. The minimum atomic E-state index is -0.271. The second-order valence-electron chi connectivity index (χ2n) is 20.5. The number of nitrogens with one attached hydrogen (secondary N) is 1. The lowest BCUT2D eigenvalue weighted by Crippen LogP contribution is -2.45. The van der Waals surface area contributed by atoms with Crippen molar-refractivity contribution in [1.29, 1.82) is 0 Å². The van der Waals surface area contributed by atoms with Crippen LogP contribution in [0.15, 0.2) is 0 Å². The highest BCUT2D eigenvalue weighted by Gasteiger charge is 2.25. The van der Waals surface area contributed by atoms with Crippen molar-refractivity contribution in [3.05, 3.63) is 0 Å². The van der Waals surface area contributed by atoms with Gasteiger partial charge in [0.05, 0.1) is 25.0 Å². The molecule has 0 fully saturated rings. The van der Waals surface area contributed by atoms with Gasteiger partial charge < -0.3 is 19.7 Å². The van der Waals surface area contributed by atoms with Crippen LogP contribution in [0.1, 0.15) is 292 Å². The molecular weight excluding hydrogens is 847 g/mol. The summed E-state index contributed by atoms with van der Waals surface area (Å²) >= 11 is 0. The number of carbonyl (C=O) groups is 4. The third-order valence-electron chi connectivity index (χ3n) is 14.4. The Kier molecular flexibility index (Phi) is 48.2. The summed E-state index contributed by atoms with van der Waals surface area (Å²) in [7, 11) is 0. The van der Waals surface area contributed by atoms with Gasteiger partial charge >= 0.3 is 18.0 Å². The summed E-state index contributed by atoms with van der Waals surface area (Å²) in [4.78, 5) is 57.1. The molecule has 0 spiro atoms. The van der Waals surface area contributed by atoms with Crippen molar-refractivity contribution in [3.8, 4) is 0 Å². The molecule has 0 aliphatic heterocycles. The topological polar surface area (TPSA) is 105 Å². The molecule has 0 radical (unpaired) electrons. The van der Waals surface area contributed by atoms with E-state index in [1.54, 1.807) is 0 Å². The number of imide groups is 1. The molecule has 402 valence electrons. The third-order valence-corrected chi connectivity index (χ3v) is 14.4. The summed E-state index contributed by atoms with van der Waals surface area (Å²) in [6.07, 6.45) is 41.9. The molecule has 3 amide bonds. The summed E-state index contributed by atoms with van der Waals surface area (Å²) in [5.41, 5.74) is 0. The standard InChI is InChI=1S/C59H115N3O6/c1-8-15-19-23-29-37-46-54(44-35-21-17-10-3)57(64)67-50-39-31-25-27-33-42-53(52-56(63)62(59(66)60-12-5)49-41-48-61(13-6)14-7)43-34-28-26-32-40-51-68-58(65)55(45-36-22-18-11-4)47-38-30-24-20-16-9-2/h53-55H,8-52H2,1-7H3,(H,60,66). The van der Waals surface area contributed by atoms with Crippen molar-refractivity contribution in [3.63, 3.8) is 0 Å². The van der Waals surface area contributed by atoms with Crippen LogP contribution in [0.4, 0.5) is 4.79 Å². The smallest absolute Gasteiger partial charge is 0.324 e. The van der Waals surface area contributed by atoms with Crippen LogP contribution in [0.5, 0.6) is 0 Å². The van der Waals surface area contributed by atoms with Gasteiger partial charge in [0.2, 0.25) is 5.91 Å². The van der Waals surface area contributed by atoms with Gasteiger partial charge in [-0.15, -0.1) is 0 Å². The molecule has 0 saturated carbocycles. The maximum absolute atomic E-state index is 13.9. The number of urea groups is 1. The molecule has 2 atom stereocenters. The van der Waals surface area contributed by atoms with Crippen LogP contribution in [0, 0.1) is 17.8 Å². The van der Waals surface area contributed by atoms with Crippen LogP contribution >= 0.6 is 0 Å². The third kappa shape index (κ3) is 38.6. The summed E-state index contributed by atoms with van der Waals surface area (Å²) in [5, 5.41) is 2.90. The van der Waals surface area contributed by atoms with Crippen LogP contribution in [-0.2, 0) is 23.9 Å².